The van der Waals surface area contributed by atoms with Crippen LogP contribution in [0.4, 0.5) is 0 Å². The van der Waals surface area contributed by atoms with Crippen LogP contribution in [0.1, 0.15) is 66.7 Å². The molecule has 0 aromatic carbocycles. The van der Waals surface area contributed by atoms with E-state index in [9.17, 15) is 9.90 Å². The third-order valence-electron chi connectivity index (χ3n) is 8.04. The number of Topliss-reactive ketones (excluding diaryl/α,β-unsaturated/α-hetero) is 1. The Morgan fingerprint density at radius 3 is 2.45 bits per heavy atom. The van der Waals surface area contributed by atoms with Gasteiger partial charge in [0.05, 0.1) is 0 Å². The fourth-order valence-electron chi connectivity index (χ4n) is 6.33. The zero-order valence-corrected chi connectivity index (χ0v) is 17.7. The average molecular weight is 380 g/mol. The molecule has 0 aliphatic heterocycles. The van der Waals surface area contributed by atoms with E-state index in [-0.39, 0.29) is 61.5 Å². The van der Waals surface area contributed by atoms with Gasteiger partial charge in [-0.25, -0.2) is 0 Å². The Bertz CT molecular complexity index is 451. The zero-order chi connectivity index (χ0) is 15.6. The van der Waals surface area contributed by atoms with E-state index >= 15 is 0 Å². The molecule has 0 amide bonds. The summed E-state index contributed by atoms with van der Waals surface area (Å²) in [6.07, 6.45) is 4.69. The van der Waals surface area contributed by atoms with Crippen molar-refractivity contribution in [2.75, 3.05) is 0 Å². The molecule has 0 spiro atoms. The first kappa shape index (κ1) is 19.1. The maximum Gasteiger partial charge on any atom is 0.137 e. The van der Waals surface area contributed by atoms with E-state index < -0.39 is 0 Å². The molecule has 1 radical (unpaired) electrons. The van der Waals surface area contributed by atoms with Crippen molar-refractivity contribution in [3.63, 3.8) is 0 Å². The largest absolute Gasteiger partial charge is 0.425 e. The van der Waals surface area contributed by atoms with Crippen LogP contribution < -0.4 is 0 Å². The van der Waals surface area contributed by atoms with E-state index in [1.165, 1.54) is 12.3 Å². The number of aliphatic hydroxyl groups is 1. The number of ketones is 1. The minimum absolute atomic E-state index is 0. The van der Waals surface area contributed by atoms with Crippen molar-refractivity contribution >= 4 is 5.78 Å². The summed E-state index contributed by atoms with van der Waals surface area (Å²) >= 11 is 0. The van der Waals surface area contributed by atoms with Crippen LogP contribution in [0.3, 0.4) is 0 Å². The molecular weight excluding hydrogens is 349 g/mol. The number of aliphatic hydroxyl groups excluding tert-OH is 1. The average Bonchev–Trinajstić information content (AvgIpc) is 2.79. The SMILES string of the molecule is C[C-]1CC(C)C2(C)C(C)CCC3(CCC(=O)C32)C(C)C1O.[Y]. The summed E-state index contributed by atoms with van der Waals surface area (Å²) in [7, 11) is 0. The van der Waals surface area contributed by atoms with Gasteiger partial charge in [-0.1, -0.05) is 39.7 Å². The maximum atomic E-state index is 12.8. The first-order chi connectivity index (χ1) is 9.75. The van der Waals surface area contributed by atoms with Gasteiger partial charge in [0.25, 0.3) is 0 Å². The summed E-state index contributed by atoms with van der Waals surface area (Å²) in [6, 6.07) is 0. The number of carbonyl (C=O) groups is 1. The molecule has 3 aliphatic carbocycles. The topological polar surface area (TPSA) is 37.3 Å². The summed E-state index contributed by atoms with van der Waals surface area (Å²) in [5, 5.41) is 10.8. The Hall–Kier alpha value is 0.734. The Morgan fingerprint density at radius 1 is 1.18 bits per heavy atom. The van der Waals surface area contributed by atoms with Gasteiger partial charge in [0.15, 0.2) is 0 Å². The minimum Gasteiger partial charge on any atom is -0.425 e. The maximum absolute atomic E-state index is 12.8. The van der Waals surface area contributed by atoms with Gasteiger partial charge in [-0.15, -0.1) is 0 Å². The van der Waals surface area contributed by atoms with Crippen molar-refractivity contribution in [1.82, 2.24) is 0 Å². The van der Waals surface area contributed by atoms with Gasteiger partial charge < -0.3 is 5.11 Å². The summed E-state index contributed by atoms with van der Waals surface area (Å²) in [4.78, 5) is 12.8. The van der Waals surface area contributed by atoms with Gasteiger partial charge in [0.1, 0.15) is 5.78 Å². The van der Waals surface area contributed by atoms with Gasteiger partial charge in [-0.3, -0.25) is 10.7 Å². The molecule has 0 aromatic rings. The molecule has 22 heavy (non-hydrogen) atoms. The molecule has 0 aromatic heterocycles. The van der Waals surface area contributed by atoms with Gasteiger partial charge >= 0.3 is 0 Å². The first-order valence-corrected chi connectivity index (χ1v) is 8.78. The van der Waals surface area contributed by atoms with E-state index in [0.29, 0.717) is 17.6 Å². The van der Waals surface area contributed by atoms with Crippen molar-refractivity contribution < 1.29 is 42.6 Å². The number of hydrogen-bond donors (Lipinski definition) is 1. The van der Waals surface area contributed by atoms with E-state index in [2.05, 4.69) is 34.6 Å². The van der Waals surface area contributed by atoms with Crippen LogP contribution in [0.5, 0.6) is 0 Å². The van der Waals surface area contributed by atoms with Crippen molar-refractivity contribution in [3.05, 3.63) is 5.92 Å². The molecule has 2 nitrogen and oxygen atoms in total. The summed E-state index contributed by atoms with van der Waals surface area (Å²) in [5.74, 6) is 3.17. The van der Waals surface area contributed by atoms with Crippen LogP contribution in [-0.4, -0.2) is 17.0 Å². The van der Waals surface area contributed by atoms with Gasteiger partial charge in [-0.05, 0) is 41.9 Å². The molecule has 123 valence electrons. The summed E-state index contributed by atoms with van der Waals surface area (Å²) in [5.41, 5.74) is 0.148. The van der Waals surface area contributed by atoms with Crippen molar-refractivity contribution in [2.24, 2.45) is 34.5 Å². The quantitative estimate of drug-likeness (QED) is 0.645. The smallest absolute Gasteiger partial charge is 0.137 e. The van der Waals surface area contributed by atoms with Crippen molar-refractivity contribution in [3.8, 4) is 0 Å². The predicted molar refractivity (Wildman–Crippen MR) is 84.5 cm³/mol. The molecule has 2 bridgehead atoms. The Balaban J connectivity index is 0.00000176. The third-order valence-corrected chi connectivity index (χ3v) is 8.04. The van der Waals surface area contributed by atoms with Gasteiger partial charge in [0.2, 0.25) is 0 Å². The molecule has 7 unspecified atom stereocenters. The molecular formula is C19H31O2Y-. The van der Waals surface area contributed by atoms with E-state index in [1.54, 1.807) is 0 Å². The fourth-order valence-corrected chi connectivity index (χ4v) is 6.33. The van der Waals surface area contributed by atoms with E-state index in [0.717, 1.165) is 25.7 Å². The Kier molecular flexibility index (Phi) is 5.40. The first-order valence-electron chi connectivity index (χ1n) is 8.78. The second-order valence-electron chi connectivity index (χ2n) is 8.62. The van der Waals surface area contributed by atoms with Gasteiger partial charge in [0, 0.05) is 45.0 Å². The van der Waals surface area contributed by atoms with Crippen LogP contribution in [0, 0.1) is 40.4 Å². The molecule has 0 heterocycles. The second-order valence-corrected chi connectivity index (χ2v) is 8.62. The second kappa shape index (κ2) is 6.23. The molecule has 3 fully saturated rings. The molecule has 3 aliphatic rings. The Morgan fingerprint density at radius 2 is 1.82 bits per heavy atom. The zero-order valence-electron chi connectivity index (χ0n) is 14.9. The standard InChI is InChI=1S/C19H31O2.Y/c1-11-10-13(3)18(5)12(2)6-8-19(14(4)16(11)21)9-7-15(20)17(18)19;/h12-14,16-17,21H,6-10H2,1-5H3;/q-1;. The summed E-state index contributed by atoms with van der Waals surface area (Å²) in [6.45, 7) is 11.4. The number of rotatable bonds is 0. The molecule has 3 heteroatoms. The molecule has 1 N–H and O–H groups in total. The predicted octanol–water partition coefficient (Wildman–Crippen LogP) is 4.02. The van der Waals surface area contributed by atoms with E-state index in [1.807, 2.05) is 0 Å². The normalized spacial score (nSPS) is 52.5. The monoisotopic (exact) mass is 380 g/mol. The van der Waals surface area contributed by atoms with Crippen LogP contribution >= 0.6 is 0 Å². The van der Waals surface area contributed by atoms with Crippen molar-refractivity contribution in [2.45, 2.75) is 72.8 Å². The van der Waals surface area contributed by atoms with Gasteiger partial charge in [-0.2, -0.15) is 13.3 Å². The third kappa shape index (κ3) is 2.34. The molecule has 0 saturated heterocycles. The minimum atomic E-state index is -0.334. The van der Waals surface area contributed by atoms with E-state index in [4.69, 9.17) is 0 Å². The van der Waals surface area contributed by atoms with Crippen LogP contribution in [0.25, 0.3) is 0 Å². The Labute approximate surface area is 161 Å². The summed E-state index contributed by atoms with van der Waals surface area (Å²) < 4.78 is 0. The van der Waals surface area contributed by atoms with Crippen molar-refractivity contribution in [1.29, 1.82) is 0 Å². The number of hydrogen-bond acceptors (Lipinski definition) is 2. The molecule has 3 rings (SSSR count). The van der Waals surface area contributed by atoms with Crippen LogP contribution in [0.2, 0.25) is 0 Å². The molecule has 3 saturated carbocycles. The van der Waals surface area contributed by atoms with Crippen LogP contribution in [0.15, 0.2) is 0 Å². The fraction of sp³-hybridized carbons (Fsp3) is 0.895. The number of carbonyl (C=O) groups excluding carboxylic acids is 1. The molecule has 7 atom stereocenters. The van der Waals surface area contributed by atoms with Crippen LogP contribution in [-0.2, 0) is 37.5 Å².